The fourth-order valence-electron chi connectivity index (χ4n) is 2.16. The summed E-state index contributed by atoms with van der Waals surface area (Å²) in [7, 11) is 0. The topological polar surface area (TPSA) is 37.4 Å². The normalized spacial score (nSPS) is 20.5. The van der Waals surface area contributed by atoms with Gasteiger partial charge in [0.15, 0.2) is 0 Å². The molecule has 1 fully saturated rings. The third kappa shape index (κ3) is 4.72. The van der Waals surface area contributed by atoms with E-state index in [9.17, 15) is 13.2 Å². The number of pyridine rings is 1. The minimum atomic E-state index is -4.44. The van der Waals surface area contributed by atoms with Crippen LogP contribution in [0, 0.1) is 0 Å². The van der Waals surface area contributed by atoms with Crippen LogP contribution in [-0.2, 0) is 10.9 Å². The highest BCUT2D eigenvalue weighted by atomic mass is 35.5. The Morgan fingerprint density at radius 2 is 2.24 bits per heavy atom. The first-order chi connectivity index (χ1) is 9.88. The van der Waals surface area contributed by atoms with Crippen molar-refractivity contribution in [3.8, 4) is 0 Å². The number of alkyl halides is 3. The number of nitrogens with one attached hydrogen (secondary N) is 1. The highest BCUT2D eigenvalue weighted by Crippen LogP contribution is 2.31. The SMILES string of the molecule is CCN1CCOC(CNc2cc(C(F)(F)F)cc(Cl)n2)C1. The summed E-state index contributed by atoms with van der Waals surface area (Å²) >= 11 is 5.63. The van der Waals surface area contributed by atoms with Gasteiger partial charge < -0.3 is 10.1 Å². The van der Waals surface area contributed by atoms with E-state index in [2.05, 4.69) is 22.1 Å². The van der Waals surface area contributed by atoms with Gasteiger partial charge >= 0.3 is 6.18 Å². The molecule has 1 unspecified atom stereocenters. The van der Waals surface area contributed by atoms with Crippen LogP contribution in [0.5, 0.6) is 0 Å². The summed E-state index contributed by atoms with van der Waals surface area (Å²) in [4.78, 5) is 6.08. The molecule has 21 heavy (non-hydrogen) atoms. The van der Waals surface area contributed by atoms with Crippen LogP contribution in [0.2, 0.25) is 5.15 Å². The van der Waals surface area contributed by atoms with Gasteiger partial charge in [-0.25, -0.2) is 4.98 Å². The number of halogens is 4. The summed E-state index contributed by atoms with van der Waals surface area (Å²) < 4.78 is 43.7. The second-order valence-electron chi connectivity index (χ2n) is 4.83. The first kappa shape index (κ1) is 16.3. The van der Waals surface area contributed by atoms with Crippen LogP contribution in [0.4, 0.5) is 19.0 Å². The molecule has 0 amide bonds. The number of ether oxygens (including phenoxy) is 1. The van der Waals surface area contributed by atoms with Crippen LogP contribution >= 0.6 is 11.6 Å². The number of aromatic nitrogens is 1. The van der Waals surface area contributed by atoms with Crippen LogP contribution < -0.4 is 5.32 Å². The third-order valence-corrected chi connectivity index (χ3v) is 3.50. The maximum atomic E-state index is 12.7. The molecule has 1 aromatic rings. The zero-order valence-corrected chi connectivity index (χ0v) is 12.3. The minimum Gasteiger partial charge on any atom is -0.374 e. The summed E-state index contributed by atoms with van der Waals surface area (Å²) in [6, 6.07) is 1.76. The quantitative estimate of drug-likeness (QED) is 0.865. The van der Waals surface area contributed by atoms with E-state index in [1.807, 2.05) is 0 Å². The molecule has 0 spiro atoms. The number of nitrogens with zero attached hydrogens (tertiary/aromatic N) is 2. The van der Waals surface area contributed by atoms with E-state index >= 15 is 0 Å². The standard InChI is InChI=1S/C13H17ClF3N3O/c1-2-20-3-4-21-10(8-20)7-18-12-6-9(13(15,16)17)5-11(14)19-12/h5-6,10H,2-4,7-8H2,1H3,(H,18,19). The third-order valence-electron chi connectivity index (χ3n) is 3.30. The summed E-state index contributed by atoms with van der Waals surface area (Å²) in [6.45, 7) is 5.62. The first-order valence-corrected chi connectivity index (χ1v) is 7.09. The number of likely N-dealkylation sites (N-methyl/N-ethyl adjacent to an activating group) is 1. The Bertz CT molecular complexity index is 484. The summed E-state index contributed by atoms with van der Waals surface area (Å²) in [5.74, 6) is 0.104. The minimum absolute atomic E-state index is 0.0752. The largest absolute Gasteiger partial charge is 0.416 e. The molecule has 0 aromatic carbocycles. The molecule has 0 radical (unpaired) electrons. The molecule has 8 heteroatoms. The van der Waals surface area contributed by atoms with Gasteiger partial charge in [0.1, 0.15) is 11.0 Å². The van der Waals surface area contributed by atoms with E-state index in [4.69, 9.17) is 16.3 Å². The molecule has 1 aromatic heterocycles. The Morgan fingerprint density at radius 3 is 2.90 bits per heavy atom. The first-order valence-electron chi connectivity index (χ1n) is 6.71. The van der Waals surface area contributed by atoms with Gasteiger partial charge in [-0.1, -0.05) is 18.5 Å². The summed E-state index contributed by atoms with van der Waals surface area (Å²) in [5, 5.41) is 2.68. The van der Waals surface area contributed by atoms with Gasteiger partial charge in [0.05, 0.1) is 18.3 Å². The molecule has 118 valence electrons. The lowest BCUT2D eigenvalue weighted by molar-refractivity contribution is -0.137. The average molecular weight is 324 g/mol. The summed E-state index contributed by atoms with van der Waals surface area (Å²) in [5.41, 5.74) is -0.815. The predicted octanol–water partition coefficient (Wildman–Crippen LogP) is 2.89. The van der Waals surface area contributed by atoms with E-state index in [1.165, 1.54) is 0 Å². The zero-order valence-electron chi connectivity index (χ0n) is 11.6. The van der Waals surface area contributed by atoms with Gasteiger partial charge in [0.2, 0.25) is 0 Å². The fraction of sp³-hybridized carbons (Fsp3) is 0.615. The average Bonchev–Trinajstić information content (AvgIpc) is 2.44. The number of rotatable bonds is 4. The van der Waals surface area contributed by atoms with E-state index in [0.717, 1.165) is 31.8 Å². The number of morpholine rings is 1. The summed E-state index contributed by atoms with van der Waals surface area (Å²) in [6.07, 6.45) is -4.52. The highest BCUT2D eigenvalue weighted by molar-refractivity contribution is 6.29. The monoisotopic (exact) mass is 323 g/mol. The van der Waals surface area contributed by atoms with Gasteiger partial charge in [0, 0.05) is 19.6 Å². The van der Waals surface area contributed by atoms with Crippen molar-refractivity contribution < 1.29 is 17.9 Å². The second kappa shape index (κ2) is 6.81. The molecular formula is C13H17ClF3N3O. The molecule has 0 saturated carbocycles. The Hall–Kier alpha value is -1.05. The maximum absolute atomic E-state index is 12.7. The molecule has 1 aliphatic heterocycles. The molecule has 2 rings (SSSR count). The van der Waals surface area contributed by atoms with Crippen molar-refractivity contribution in [1.82, 2.24) is 9.88 Å². The van der Waals surface area contributed by atoms with Crippen LogP contribution in [0.25, 0.3) is 0 Å². The maximum Gasteiger partial charge on any atom is 0.416 e. The van der Waals surface area contributed by atoms with Gasteiger partial charge in [-0.15, -0.1) is 0 Å². The van der Waals surface area contributed by atoms with Crippen molar-refractivity contribution in [1.29, 1.82) is 0 Å². The number of hydrogen-bond donors (Lipinski definition) is 1. The molecule has 4 nitrogen and oxygen atoms in total. The Morgan fingerprint density at radius 1 is 1.48 bits per heavy atom. The van der Waals surface area contributed by atoms with Crippen molar-refractivity contribution in [2.45, 2.75) is 19.2 Å². The molecule has 1 saturated heterocycles. The predicted molar refractivity (Wildman–Crippen MR) is 74.6 cm³/mol. The van der Waals surface area contributed by atoms with Crippen LogP contribution in [0.15, 0.2) is 12.1 Å². The number of hydrogen-bond acceptors (Lipinski definition) is 4. The van der Waals surface area contributed by atoms with Crippen molar-refractivity contribution in [2.24, 2.45) is 0 Å². The number of anilines is 1. The fourth-order valence-corrected chi connectivity index (χ4v) is 2.37. The second-order valence-corrected chi connectivity index (χ2v) is 5.22. The molecular weight excluding hydrogens is 307 g/mol. The van der Waals surface area contributed by atoms with E-state index in [0.29, 0.717) is 13.2 Å². The Balaban J connectivity index is 1.98. The van der Waals surface area contributed by atoms with Crippen LogP contribution in [0.3, 0.4) is 0 Å². The van der Waals surface area contributed by atoms with Gasteiger partial charge in [-0.2, -0.15) is 13.2 Å². The smallest absolute Gasteiger partial charge is 0.374 e. The molecule has 1 N–H and O–H groups in total. The molecule has 0 aliphatic carbocycles. The van der Waals surface area contributed by atoms with Gasteiger partial charge in [0.25, 0.3) is 0 Å². The van der Waals surface area contributed by atoms with Crippen molar-refractivity contribution in [2.75, 3.05) is 38.1 Å². The zero-order chi connectivity index (χ0) is 15.5. The lowest BCUT2D eigenvalue weighted by atomic mass is 10.2. The van der Waals surface area contributed by atoms with Gasteiger partial charge in [-0.3, -0.25) is 4.90 Å². The highest BCUT2D eigenvalue weighted by Gasteiger charge is 2.31. The lowest BCUT2D eigenvalue weighted by Crippen LogP contribution is -2.45. The van der Waals surface area contributed by atoms with E-state index in [1.54, 1.807) is 0 Å². The molecule has 2 heterocycles. The van der Waals surface area contributed by atoms with Gasteiger partial charge in [-0.05, 0) is 18.7 Å². The van der Waals surface area contributed by atoms with Crippen LogP contribution in [-0.4, -0.2) is 48.8 Å². The Labute approximate surface area is 126 Å². The van der Waals surface area contributed by atoms with Crippen molar-refractivity contribution in [3.05, 3.63) is 22.8 Å². The van der Waals surface area contributed by atoms with E-state index in [-0.39, 0.29) is 17.1 Å². The molecule has 1 atom stereocenters. The molecule has 1 aliphatic rings. The van der Waals surface area contributed by atoms with E-state index < -0.39 is 11.7 Å². The Kier molecular flexibility index (Phi) is 5.29. The van der Waals surface area contributed by atoms with Crippen LogP contribution in [0.1, 0.15) is 12.5 Å². The van der Waals surface area contributed by atoms with Crippen molar-refractivity contribution >= 4 is 17.4 Å². The lowest BCUT2D eigenvalue weighted by Gasteiger charge is -2.32. The molecule has 0 bridgehead atoms. The van der Waals surface area contributed by atoms with Crippen molar-refractivity contribution in [3.63, 3.8) is 0 Å².